The van der Waals surface area contributed by atoms with Crippen molar-refractivity contribution in [3.8, 4) is 45.8 Å². The third kappa shape index (κ3) is 9.05. The molecule has 19 heteroatoms. The fourth-order valence-corrected chi connectivity index (χ4v) is 10.1. The molecular weight excluding hydrogens is 900 g/mol. The maximum Gasteiger partial charge on any atom is 0.416 e. The molecule has 5 aromatic rings. The number of nitrogens with one attached hydrogen (secondary N) is 2. The molecule has 362 valence electrons. The van der Waals surface area contributed by atoms with Crippen molar-refractivity contribution in [2.24, 2.45) is 22.9 Å². The van der Waals surface area contributed by atoms with Crippen LogP contribution in [0.4, 0.5) is 18.0 Å². The molecular formula is C50H52F3N7O9. The lowest BCUT2D eigenvalue weighted by Crippen LogP contribution is -2.56. The minimum atomic E-state index is -4.73. The molecule has 3 amide bonds. The first kappa shape index (κ1) is 45.7. The molecule has 0 spiro atoms. The van der Waals surface area contributed by atoms with Gasteiger partial charge in [0, 0.05) is 36.9 Å². The minimum absolute atomic E-state index is 0.00226. The molecule has 3 aliphatic heterocycles. The van der Waals surface area contributed by atoms with Crippen LogP contribution in [0.2, 0.25) is 0 Å². The Morgan fingerprint density at radius 3 is 2.42 bits per heavy atom. The van der Waals surface area contributed by atoms with E-state index in [2.05, 4.69) is 20.3 Å². The third-order valence-corrected chi connectivity index (χ3v) is 13.8. The average Bonchev–Trinajstić information content (AvgIpc) is 3.98. The van der Waals surface area contributed by atoms with Crippen LogP contribution < -0.4 is 33.7 Å². The van der Waals surface area contributed by atoms with Crippen LogP contribution in [-0.4, -0.2) is 101 Å². The number of carbonyl (C=O) groups is 3. The minimum Gasteiger partial charge on any atom is -0.493 e. The largest absolute Gasteiger partial charge is 0.493 e. The fourth-order valence-electron chi connectivity index (χ4n) is 10.1. The lowest BCUT2D eigenvalue weighted by molar-refractivity contribution is -0.144. The number of carbonyl (C=O) groups excluding carboxylic acids is 3. The number of methoxy groups -OCH3 is 2. The first-order chi connectivity index (χ1) is 33.4. The van der Waals surface area contributed by atoms with Crippen molar-refractivity contribution in [2.75, 3.05) is 40.7 Å². The SMILES string of the molecule is COc1ccc(C2=NN(C3CCN(C(=O)[C@@H](Cc4ccccc4C(F)(F)F)NC(=O)Oc4c(C)[nH]c5c(-c6c(OCC7CC7)ccc7c6OCO7)ncnc45)CC3)C(=O)[C@@H]3CCCC[C@H]23)cc1OC. The zero-order valence-corrected chi connectivity index (χ0v) is 38.4. The van der Waals surface area contributed by atoms with Crippen molar-refractivity contribution in [1.82, 2.24) is 30.2 Å². The van der Waals surface area contributed by atoms with Crippen LogP contribution in [0.3, 0.4) is 0 Å². The van der Waals surface area contributed by atoms with Crippen LogP contribution in [0.5, 0.6) is 34.5 Å². The molecule has 0 bridgehead atoms. The summed E-state index contributed by atoms with van der Waals surface area (Å²) in [5.41, 5.74) is 2.48. The zero-order valence-electron chi connectivity index (χ0n) is 38.4. The number of amides is 3. The molecule has 5 heterocycles. The smallest absolute Gasteiger partial charge is 0.416 e. The summed E-state index contributed by atoms with van der Waals surface area (Å²) in [5.74, 6) is 2.10. The first-order valence-corrected chi connectivity index (χ1v) is 23.3. The van der Waals surface area contributed by atoms with E-state index in [0.717, 1.165) is 55.9 Å². The van der Waals surface area contributed by atoms with Gasteiger partial charge in [0.2, 0.25) is 18.6 Å². The molecule has 2 N–H and O–H groups in total. The Balaban J connectivity index is 0.901. The highest BCUT2D eigenvalue weighted by Crippen LogP contribution is 2.49. The van der Waals surface area contributed by atoms with Gasteiger partial charge in [-0.05, 0) is 93.3 Å². The summed E-state index contributed by atoms with van der Waals surface area (Å²) in [5, 5.41) is 9.21. The van der Waals surface area contributed by atoms with Gasteiger partial charge in [-0.15, -0.1) is 0 Å². The fraction of sp³-hybridized carbons (Fsp3) is 0.440. The summed E-state index contributed by atoms with van der Waals surface area (Å²) in [6, 6.07) is 12.3. The molecule has 5 aliphatic rings. The van der Waals surface area contributed by atoms with Crippen molar-refractivity contribution in [1.29, 1.82) is 0 Å². The third-order valence-electron chi connectivity index (χ3n) is 13.8. The predicted octanol–water partition coefficient (Wildman–Crippen LogP) is 8.23. The monoisotopic (exact) mass is 951 g/mol. The van der Waals surface area contributed by atoms with E-state index in [4.69, 9.17) is 33.5 Å². The van der Waals surface area contributed by atoms with E-state index in [1.165, 1.54) is 29.4 Å². The number of ether oxygens (including phenoxy) is 6. The highest BCUT2D eigenvalue weighted by atomic mass is 19.4. The molecule has 10 rings (SSSR count). The topological polar surface area (TPSA) is 179 Å². The van der Waals surface area contributed by atoms with E-state index in [1.54, 1.807) is 38.3 Å². The zero-order chi connectivity index (χ0) is 48.0. The summed E-state index contributed by atoms with van der Waals surface area (Å²) >= 11 is 0. The number of likely N-dealkylation sites (tertiary alicyclic amines) is 1. The van der Waals surface area contributed by atoms with Gasteiger partial charge in [0.25, 0.3) is 0 Å². The van der Waals surface area contributed by atoms with Crippen molar-refractivity contribution in [3.05, 3.63) is 83.3 Å². The summed E-state index contributed by atoms with van der Waals surface area (Å²) in [6.07, 6.45) is 1.33. The number of piperidine rings is 1. The van der Waals surface area contributed by atoms with E-state index in [9.17, 15) is 27.6 Å². The molecule has 2 aliphatic carbocycles. The maximum absolute atomic E-state index is 14.6. The molecule has 3 aromatic carbocycles. The quantitative estimate of drug-likeness (QED) is 0.116. The summed E-state index contributed by atoms with van der Waals surface area (Å²) in [6.45, 7) is 2.50. The number of nitrogens with zero attached hydrogens (tertiary/aromatic N) is 5. The second-order valence-corrected chi connectivity index (χ2v) is 18.2. The van der Waals surface area contributed by atoms with Crippen LogP contribution in [0.1, 0.15) is 73.8 Å². The number of aromatic nitrogens is 3. The van der Waals surface area contributed by atoms with E-state index < -0.39 is 36.2 Å². The average molecular weight is 952 g/mol. The summed E-state index contributed by atoms with van der Waals surface area (Å²) in [7, 11) is 3.13. The maximum atomic E-state index is 14.6. The number of aryl methyl sites for hydroxylation is 1. The van der Waals surface area contributed by atoms with E-state index in [0.29, 0.717) is 76.6 Å². The van der Waals surface area contributed by atoms with Crippen molar-refractivity contribution >= 4 is 34.7 Å². The standard InChI is InChI=1S/C50H52F3N7O9/c1-27-45(44-43(56-27)42(54-25-55-44)40-37(66-24-28-12-13-28)16-17-38-46(40)68-26-67-38)69-49(63)57-35(22-29-8-4-7-11-34(29)50(51,52)53)48(62)59-20-18-31(19-21-59)60-47(61)33-10-6-5-9-32(33)41(58-60)30-14-15-36(64-2)39(23-30)65-3/h4,7-8,11,14-17,23,25,28,31-33,35,56H,5-6,9-10,12-13,18-22,24,26H2,1-3H3,(H,57,63)/t32-,33+,35+/m0/s1. The molecule has 0 radical (unpaired) electrons. The van der Waals surface area contributed by atoms with E-state index >= 15 is 0 Å². The number of hydrazone groups is 1. The summed E-state index contributed by atoms with van der Waals surface area (Å²) < 4.78 is 77.8. The van der Waals surface area contributed by atoms with Crippen molar-refractivity contribution in [2.45, 2.75) is 83.0 Å². The highest BCUT2D eigenvalue weighted by Gasteiger charge is 2.45. The van der Waals surface area contributed by atoms with Crippen molar-refractivity contribution in [3.63, 3.8) is 0 Å². The van der Waals surface area contributed by atoms with Crippen LogP contribution >= 0.6 is 0 Å². The number of rotatable bonds is 13. The number of hydrogen-bond acceptors (Lipinski definition) is 12. The second-order valence-electron chi connectivity index (χ2n) is 18.2. The van der Waals surface area contributed by atoms with Gasteiger partial charge >= 0.3 is 12.3 Å². The van der Waals surface area contributed by atoms with Crippen LogP contribution in [0, 0.1) is 24.7 Å². The van der Waals surface area contributed by atoms with Gasteiger partial charge in [0.15, 0.2) is 28.7 Å². The van der Waals surface area contributed by atoms with Gasteiger partial charge in [0.05, 0.1) is 54.9 Å². The Hall–Kier alpha value is -7.05. The number of H-pyrrole nitrogens is 1. The van der Waals surface area contributed by atoms with E-state index in [-0.39, 0.29) is 60.5 Å². The van der Waals surface area contributed by atoms with Crippen molar-refractivity contribution < 1.29 is 56.0 Å². The Bertz CT molecular complexity index is 2820. The number of fused-ring (bicyclic) bond motifs is 3. The van der Waals surface area contributed by atoms with Gasteiger partial charge in [-0.25, -0.2) is 19.8 Å². The number of hydrogen-bond donors (Lipinski definition) is 2. The molecule has 3 fully saturated rings. The Morgan fingerprint density at radius 1 is 0.913 bits per heavy atom. The molecule has 3 atom stereocenters. The van der Waals surface area contributed by atoms with Gasteiger partial charge in [-0.3, -0.25) is 9.59 Å². The first-order valence-electron chi connectivity index (χ1n) is 23.3. The van der Waals surface area contributed by atoms with Crippen LogP contribution in [-0.2, 0) is 22.2 Å². The van der Waals surface area contributed by atoms with Crippen LogP contribution in [0.15, 0.2) is 66.0 Å². The van der Waals surface area contributed by atoms with Gasteiger partial charge in [0.1, 0.15) is 29.3 Å². The Morgan fingerprint density at radius 2 is 1.67 bits per heavy atom. The Labute approximate surface area is 395 Å². The van der Waals surface area contributed by atoms with Gasteiger partial charge in [-0.1, -0.05) is 31.0 Å². The molecule has 69 heavy (non-hydrogen) atoms. The highest BCUT2D eigenvalue weighted by molar-refractivity contribution is 6.07. The molecule has 16 nitrogen and oxygen atoms in total. The molecule has 1 saturated heterocycles. The number of aromatic amines is 1. The predicted molar refractivity (Wildman–Crippen MR) is 244 cm³/mol. The number of halogens is 3. The van der Waals surface area contributed by atoms with Crippen LogP contribution in [0.25, 0.3) is 22.3 Å². The number of alkyl halides is 3. The summed E-state index contributed by atoms with van der Waals surface area (Å²) in [4.78, 5) is 56.5. The lowest BCUT2D eigenvalue weighted by atomic mass is 9.73. The Kier molecular flexibility index (Phi) is 12.5. The van der Waals surface area contributed by atoms with Gasteiger partial charge < -0.3 is 43.6 Å². The number of benzene rings is 3. The second kappa shape index (κ2) is 18.8. The van der Waals surface area contributed by atoms with Gasteiger partial charge in [-0.2, -0.15) is 18.3 Å². The van der Waals surface area contributed by atoms with E-state index in [1.807, 2.05) is 18.2 Å². The lowest BCUT2D eigenvalue weighted by Gasteiger charge is -2.43. The molecule has 0 unspecified atom stereocenters. The molecule has 2 aromatic heterocycles. The molecule has 2 saturated carbocycles. The normalized spacial score (nSPS) is 19.7.